The molecule has 2 aromatic rings. The van der Waals surface area contributed by atoms with Crippen LogP contribution in [0, 0.1) is 5.92 Å². The largest absolute Gasteiger partial charge is 0.419 e. The van der Waals surface area contributed by atoms with Crippen LogP contribution in [0.5, 0.6) is 0 Å². The van der Waals surface area contributed by atoms with E-state index in [9.17, 15) is 4.79 Å². The Morgan fingerprint density at radius 2 is 1.95 bits per heavy atom. The molecule has 4 heteroatoms. The number of aryl methyl sites for hydroxylation is 1. The van der Waals surface area contributed by atoms with Gasteiger partial charge in [-0.1, -0.05) is 31.7 Å². The van der Waals surface area contributed by atoms with Gasteiger partial charge in [-0.3, -0.25) is 4.57 Å². The number of alkyl halides is 1. The summed E-state index contributed by atoms with van der Waals surface area (Å²) in [5, 5.41) is 0.0167. The van der Waals surface area contributed by atoms with Crippen LogP contribution in [-0.2, 0) is 7.05 Å². The Balaban J connectivity index is 1.90. The van der Waals surface area contributed by atoms with E-state index in [0.717, 1.165) is 11.1 Å². The first-order valence-corrected chi connectivity index (χ1v) is 7.84. The lowest BCUT2D eigenvalue weighted by atomic mass is 9.92. The number of hydrogen-bond acceptors (Lipinski definition) is 2. The number of hydrogen-bond donors (Lipinski definition) is 0. The van der Waals surface area contributed by atoms with Crippen LogP contribution in [0.4, 0.5) is 0 Å². The molecule has 1 aromatic heterocycles. The van der Waals surface area contributed by atoms with Gasteiger partial charge in [-0.15, -0.1) is 11.6 Å². The van der Waals surface area contributed by atoms with E-state index >= 15 is 0 Å². The van der Waals surface area contributed by atoms with Crippen molar-refractivity contribution in [3.05, 3.63) is 34.3 Å². The quantitative estimate of drug-likeness (QED) is 0.608. The van der Waals surface area contributed by atoms with Gasteiger partial charge in [-0.25, -0.2) is 4.79 Å². The molecular weight excluding hydrogens is 274 g/mol. The predicted octanol–water partition coefficient (Wildman–Crippen LogP) is 4.38. The highest BCUT2D eigenvalue weighted by molar-refractivity contribution is 6.21. The molecule has 1 heterocycles. The summed E-state index contributed by atoms with van der Waals surface area (Å²) in [6.07, 6.45) is 7.60. The van der Waals surface area contributed by atoms with Crippen molar-refractivity contribution in [1.29, 1.82) is 0 Å². The first-order chi connectivity index (χ1) is 9.66. The fraction of sp³-hybridized carbons (Fsp3) is 0.562. The van der Waals surface area contributed by atoms with E-state index in [4.69, 9.17) is 16.0 Å². The Morgan fingerprint density at radius 1 is 1.25 bits per heavy atom. The molecule has 0 radical (unpaired) electrons. The molecule has 1 unspecified atom stereocenters. The zero-order chi connectivity index (χ0) is 14.1. The van der Waals surface area contributed by atoms with E-state index < -0.39 is 0 Å². The molecule has 1 atom stereocenters. The van der Waals surface area contributed by atoms with Crippen LogP contribution in [0.1, 0.15) is 49.5 Å². The molecule has 0 amide bonds. The van der Waals surface area contributed by atoms with E-state index in [1.807, 2.05) is 18.2 Å². The van der Waals surface area contributed by atoms with Crippen LogP contribution in [-0.4, -0.2) is 4.57 Å². The van der Waals surface area contributed by atoms with Crippen LogP contribution in [0.15, 0.2) is 27.4 Å². The summed E-state index contributed by atoms with van der Waals surface area (Å²) < 4.78 is 6.77. The highest BCUT2D eigenvalue weighted by Crippen LogP contribution is 2.38. The van der Waals surface area contributed by atoms with Gasteiger partial charge in [0.05, 0.1) is 10.9 Å². The van der Waals surface area contributed by atoms with Crippen molar-refractivity contribution in [2.45, 2.75) is 43.9 Å². The first kappa shape index (κ1) is 13.7. The van der Waals surface area contributed by atoms with Gasteiger partial charge in [-0.2, -0.15) is 0 Å². The van der Waals surface area contributed by atoms with Crippen molar-refractivity contribution < 1.29 is 4.42 Å². The van der Waals surface area contributed by atoms with Gasteiger partial charge < -0.3 is 4.42 Å². The van der Waals surface area contributed by atoms with Gasteiger partial charge in [0.25, 0.3) is 0 Å². The predicted molar refractivity (Wildman–Crippen MR) is 81.2 cm³/mol. The normalized spacial score (nSPS) is 19.1. The highest BCUT2D eigenvalue weighted by Gasteiger charge is 2.23. The average molecular weight is 294 g/mol. The first-order valence-electron chi connectivity index (χ1n) is 7.40. The Labute approximate surface area is 123 Å². The van der Waals surface area contributed by atoms with Gasteiger partial charge in [0.15, 0.2) is 5.58 Å². The number of aromatic nitrogens is 1. The molecule has 0 N–H and O–H groups in total. The SMILES string of the molecule is Cn1c(=O)oc2cc(C(Cl)C3CCCCCC3)ccc21. The van der Waals surface area contributed by atoms with Crippen molar-refractivity contribution in [1.82, 2.24) is 4.57 Å². The van der Waals surface area contributed by atoms with Crippen molar-refractivity contribution in [2.24, 2.45) is 13.0 Å². The topological polar surface area (TPSA) is 35.1 Å². The second-order valence-corrected chi connectivity index (χ2v) is 6.28. The summed E-state index contributed by atoms with van der Waals surface area (Å²) in [4.78, 5) is 11.5. The number of nitrogens with zero attached hydrogens (tertiary/aromatic N) is 1. The maximum absolute atomic E-state index is 11.5. The minimum atomic E-state index is -0.322. The molecule has 0 bridgehead atoms. The van der Waals surface area contributed by atoms with E-state index in [1.165, 1.54) is 43.1 Å². The smallest absolute Gasteiger partial charge is 0.408 e. The summed E-state index contributed by atoms with van der Waals surface area (Å²) in [5.41, 5.74) is 2.53. The number of benzene rings is 1. The third-order valence-corrected chi connectivity index (χ3v) is 5.06. The van der Waals surface area contributed by atoms with Crippen LogP contribution in [0.25, 0.3) is 11.1 Å². The van der Waals surface area contributed by atoms with Gasteiger partial charge >= 0.3 is 5.76 Å². The minimum absolute atomic E-state index is 0.0167. The van der Waals surface area contributed by atoms with E-state index in [0.29, 0.717) is 11.5 Å². The van der Waals surface area contributed by atoms with E-state index in [-0.39, 0.29) is 11.1 Å². The average Bonchev–Trinajstić information content (AvgIpc) is 2.65. The van der Waals surface area contributed by atoms with E-state index in [1.54, 1.807) is 7.05 Å². The molecule has 1 saturated carbocycles. The second kappa shape index (κ2) is 5.65. The Kier molecular flexibility index (Phi) is 3.88. The van der Waals surface area contributed by atoms with Crippen molar-refractivity contribution in [2.75, 3.05) is 0 Å². The third kappa shape index (κ3) is 2.51. The van der Waals surface area contributed by atoms with Crippen molar-refractivity contribution in [3.8, 4) is 0 Å². The zero-order valence-electron chi connectivity index (χ0n) is 11.8. The molecule has 3 rings (SSSR count). The summed E-state index contributed by atoms with van der Waals surface area (Å²) in [7, 11) is 1.72. The summed E-state index contributed by atoms with van der Waals surface area (Å²) >= 11 is 6.68. The van der Waals surface area contributed by atoms with Crippen LogP contribution < -0.4 is 5.76 Å². The van der Waals surface area contributed by atoms with Crippen molar-refractivity contribution in [3.63, 3.8) is 0 Å². The number of oxazole rings is 1. The molecule has 108 valence electrons. The van der Waals surface area contributed by atoms with Gasteiger partial charge in [0.2, 0.25) is 0 Å². The molecule has 1 aromatic carbocycles. The molecule has 0 saturated heterocycles. The fourth-order valence-electron chi connectivity index (χ4n) is 3.20. The van der Waals surface area contributed by atoms with E-state index in [2.05, 4.69) is 0 Å². The molecule has 1 aliphatic carbocycles. The summed E-state index contributed by atoms with van der Waals surface area (Å²) in [6, 6.07) is 5.89. The maximum Gasteiger partial charge on any atom is 0.419 e. The third-order valence-electron chi connectivity index (χ3n) is 4.45. The lowest BCUT2D eigenvalue weighted by molar-refractivity contribution is 0.445. The van der Waals surface area contributed by atoms with Crippen LogP contribution >= 0.6 is 11.6 Å². The fourth-order valence-corrected chi connectivity index (χ4v) is 3.59. The zero-order valence-corrected chi connectivity index (χ0v) is 12.5. The van der Waals surface area contributed by atoms with Gasteiger partial charge in [-0.05, 0) is 36.5 Å². The number of fused-ring (bicyclic) bond motifs is 1. The van der Waals surface area contributed by atoms with Gasteiger partial charge in [0, 0.05) is 7.05 Å². The number of halogens is 1. The Bertz CT molecular complexity index is 650. The summed E-state index contributed by atoms with van der Waals surface area (Å²) in [6.45, 7) is 0. The molecule has 0 spiro atoms. The van der Waals surface area contributed by atoms with Crippen LogP contribution in [0.3, 0.4) is 0 Å². The van der Waals surface area contributed by atoms with Crippen LogP contribution in [0.2, 0.25) is 0 Å². The number of rotatable bonds is 2. The molecule has 0 aliphatic heterocycles. The highest BCUT2D eigenvalue weighted by atomic mass is 35.5. The molecular formula is C16H20ClNO2. The second-order valence-electron chi connectivity index (χ2n) is 5.81. The monoisotopic (exact) mass is 293 g/mol. The van der Waals surface area contributed by atoms with Crippen molar-refractivity contribution >= 4 is 22.7 Å². The Hall–Kier alpha value is -1.22. The standard InChI is InChI=1S/C16H20ClNO2/c1-18-13-9-8-12(10-14(13)20-16(18)19)15(17)11-6-4-2-3-5-7-11/h8-11,15H,2-7H2,1H3. The lowest BCUT2D eigenvalue weighted by Gasteiger charge is -2.20. The van der Waals surface area contributed by atoms with Gasteiger partial charge in [0.1, 0.15) is 0 Å². The minimum Gasteiger partial charge on any atom is -0.408 e. The summed E-state index contributed by atoms with van der Waals surface area (Å²) in [5.74, 6) is 0.213. The maximum atomic E-state index is 11.5. The Morgan fingerprint density at radius 3 is 2.65 bits per heavy atom. The molecule has 20 heavy (non-hydrogen) atoms. The molecule has 1 fully saturated rings. The lowest BCUT2D eigenvalue weighted by Crippen LogP contribution is -2.08. The molecule has 1 aliphatic rings. The molecule has 3 nitrogen and oxygen atoms in total.